The molecule has 5 aliphatic carbocycles. The van der Waals surface area contributed by atoms with Gasteiger partial charge in [0.1, 0.15) is 67.1 Å². The van der Waals surface area contributed by atoms with Crippen molar-refractivity contribution in [3.05, 3.63) is 11.6 Å². The summed E-state index contributed by atoms with van der Waals surface area (Å²) >= 11 is 0. The topological polar surface area (TPSA) is 321 Å². The molecule has 0 radical (unpaired) electrons. The van der Waals surface area contributed by atoms with Gasteiger partial charge in [-0.2, -0.15) is 0 Å². The fourth-order valence-electron chi connectivity index (χ4n) is 14.9. The average molecular weight is 973 g/mol. The van der Waals surface area contributed by atoms with E-state index in [4.69, 9.17) is 33.2 Å². The van der Waals surface area contributed by atoms with Gasteiger partial charge in [0.25, 0.3) is 0 Å². The summed E-state index contributed by atoms with van der Waals surface area (Å²) in [5.74, 6) is -1.51. The Morgan fingerprint density at radius 3 is 1.99 bits per heavy atom. The third-order valence-electron chi connectivity index (χ3n) is 19.5. The lowest BCUT2D eigenvalue weighted by Gasteiger charge is -2.71. The molecule has 3 heterocycles. The number of carbonyl (C=O) groups excluding carboxylic acids is 2. The summed E-state index contributed by atoms with van der Waals surface area (Å²) in [7, 11) is 1.35. The van der Waals surface area contributed by atoms with Gasteiger partial charge in [0.2, 0.25) is 6.29 Å². The molecule has 20 heteroatoms. The second-order valence-electron chi connectivity index (χ2n) is 22.8. The lowest BCUT2D eigenvalue weighted by molar-refractivity contribution is -0.343. The van der Waals surface area contributed by atoms with Crippen molar-refractivity contribution in [2.75, 3.05) is 33.5 Å². The van der Waals surface area contributed by atoms with Gasteiger partial charge in [0.15, 0.2) is 12.6 Å². The Bertz CT molecular complexity index is 1890. The molecule has 24 atom stereocenters. The molecule has 20 nitrogen and oxygen atoms in total. The molecule has 8 aliphatic rings. The summed E-state index contributed by atoms with van der Waals surface area (Å²) in [6.07, 6.45) is -14.9. The lowest BCUT2D eigenvalue weighted by Crippen LogP contribution is -2.67. The Hall–Kier alpha value is -1.96. The minimum atomic E-state index is -1.78. The van der Waals surface area contributed by atoms with Crippen LogP contribution in [0, 0.1) is 50.2 Å². The summed E-state index contributed by atoms with van der Waals surface area (Å²) in [6.45, 7) is 9.01. The number of allylic oxidation sites excluding steroid dienone is 2. The quantitative estimate of drug-likeness (QED) is 0.0704. The van der Waals surface area contributed by atoms with Crippen molar-refractivity contribution in [2.24, 2.45) is 50.2 Å². The highest BCUT2D eigenvalue weighted by molar-refractivity contribution is 5.81. The van der Waals surface area contributed by atoms with Crippen LogP contribution >= 0.6 is 0 Å². The largest absolute Gasteiger partial charge is 0.469 e. The van der Waals surface area contributed by atoms with E-state index in [0.717, 1.165) is 12.0 Å². The lowest BCUT2D eigenvalue weighted by atomic mass is 9.33. The van der Waals surface area contributed by atoms with Crippen LogP contribution in [-0.4, -0.2) is 194 Å². The number of aliphatic hydroxyl groups excluding tert-OH is 11. The zero-order valence-electron chi connectivity index (χ0n) is 40.0. The first-order valence-corrected chi connectivity index (χ1v) is 24.5. The molecule has 8 rings (SSSR count). The number of carbonyl (C=O) groups is 2. The molecule has 0 aromatic heterocycles. The van der Waals surface area contributed by atoms with Gasteiger partial charge in [-0.15, -0.1) is 0 Å². The van der Waals surface area contributed by atoms with Crippen LogP contribution in [0.2, 0.25) is 0 Å². The SMILES string of the molecule is COC(=O)C1(C)CCC2(C(=O)OC3OC(CO)C(O)C(O)C3O)CCC3(C)C(=CCC4C5(C)CCC(OC6OC(COC7OCC(O)C(O)C7O)C(O)C(O)C6O)C(C)(CO)C5CCC43C)C2C1. The van der Waals surface area contributed by atoms with E-state index in [1.54, 1.807) is 0 Å². The van der Waals surface area contributed by atoms with Crippen LogP contribution in [0.5, 0.6) is 0 Å². The zero-order valence-corrected chi connectivity index (χ0v) is 40.0. The molecule has 3 saturated heterocycles. The molecule has 3 aliphatic heterocycles. The Morgan fingerprint density at radius 2 is 1.32 bits per heavy atom. The van der Waals surface area contributed by atoms with E-state index >= 15 is 0 Å². The van der Waals surface area contributed by atoms with Crippen molar-refractivity contribution in [3.63, 3.8) is 0 Å². The van der Waals surface area contributed by atoms with Crippen LogP contribution < -0.4 is 0 Å². The van der Waals surface area contributed by atoms with Crippen LogP contribution in [0.3, 0.4) is 0 Å². The maximum Gasteiger partial charge on any atom is 0.315 e. The van der Waals surface area contributed by atoms with E-state index in [1.807, 2.05) is 13.8 Å². The molecule has 0 aromatic carbocycles. The van der Waals surface area contributed by atoms with Gasteiger partial charge in [0, 0.05) is 5.41 Å². The van der Waals surface area contributed by atoms with Crippen molar-refractivity contribution in [2.45, 2.75) is 191 Å². The minimum absolute atomic E-state index is 0.0884. The van der Waals surface area contributed by atoms with Crippen molar-refractivity contribution < 1.29 is 98.9 Å². The van der Waals surface area contributed by atoms with Gasteiger partial charge < -0.3 is 89.3 Å². The van der Waals surface area contributed by atoms with Crippen LogP contribution in [-0.2, 0) is 42.7 Å². The highest BCUT2D eigenvalue weighted by Crippen LogP contribution is 2.76. The van der Waals surface area contributed by atoms with Crippen LogP contribution in [0.1, 0.15) is 98.8 Å². The van der Waals surface area contributed by atoms with Crippen LogP contribution in [0.4, 0.5) is 0 Å². The number of fused-ring (bicyclic) bond motifs is 7. The molecule has 0 amide bonds. The Balaban J connectivity index is 1.04. The fourth-order valence-corrected chi connectivity index (χ4v) is 14.9. The highest BCUT2D eigenvalue weighted by Gasteiger charge is 2.71. The number of ether oxygens (including phenoxy) is 7. The molecule has 7 fully saturated rings. The summed E-state index contributed by atoms with van der Waals surface area (Å²) in [4.78, 5) is 28.3. The molecule has 68 heavy (non-hydrogen) atoms. The van der Waals surface area contributed by atoms with Crippen molar-refractivity contribution in [1.82, 2.24) is 0 Å². The normalized spacial score (nSPS) is 53.7. The molecule has 24 unspecified atom stereocenters. The summed E-state index contributed by atoms with van der Waals surface area (Å²) in [5.41, 5.74) is -3.02. The van der Waals surface area contributed by atoms with Gasteiger partial charge in [-0.1, -0.05) is 39.3 Å². The molecule has 0 spiro atoms. The average Bonchev–Trinajstić information content (AvgIpc) is 3.31. The predicted molar refractivity (Wildman–Crippen MR) is 232 cm³/mol. The number of rotatable bonds is 10. The maximum atomic E-state index is 14.8. The third kappa shape index (κ3) is 8.03. The van der Waals surface area contributed by atoms with Crippen LogP contribution in [0.15, 0.2) is 11.6 Å². The molecule has 0 aromatic rings. The van der Waals surface area contributed by atoms with E-state index in [-0.39, 0.29) is 48.3 Å². The Kier molecular flexibility index (Phi) is 14.5. The van der Waals surface area contributed by atoms with E-state index in [1.165, 1.54) is 7.11 Å². The van der Waals surface area contributed by atoms with Crippen molar-refractivity contribution in [1.29, 1.82) is 0 Å². The van der Waals surface area contributed by atoms with E-state index < -0.39 is 139 Å². The fraction of sp³-hybridized carbons (Fsp3) is 0.917. The highest BCUT2D eigenvalue weighted by atomic mass is 16.7. The molecule has 4 saturated carbocycles. The standard InChI is InChI=1S/C48H76O20/c1-43(41(60)62-6)13-15-48(42(61)68-40-37(59)33(55)31(53)25(18-49)65-40)16-14-46(4)22(23(48)17-43)7-8-28-44(2)11-10-29(45(3,21-50)27(44)9-12-47(28,46)5)67-39-36(58)34(56)32(54)26(66-39)20-64-38-35(57)30(52)24(51)19-63-38/h7,23-40,49-59H,8-21H2,1-6H3. The number of aliphatic hydroxyl groups is 11. The molecule has 11 N–H and O–H groups in total. The van der Waals surface area contributed by atoms with E-state index in [0.29, 0.717) is 51.4 Å². The number of hydrogen-bond donors (Lipinski definition) is 11. The molecular weight excluding hydrogens is 897 g/mol. The van der Waals surface area contributed by atoms with E-state index in [9.17, 15) is 65.8 Å². The molecule has 388 valence electrons. The van der Waals surface area contributed by atoms with Crippen molar-refractivity contribution in [3.8, 4) is 0 Å². The van der Waals surface area contributed by atoms with Crippen molar-refractivity contribution >= 4 is 11.9 Å². The van der Waals surface area contributed by atoms with Gasteiger partial charge in [-0.3, -0.25) is 9.59 Å². The first-order chi connectivity index (χ1) is 31.9. The number of esters is 2. The number of hydrogen-bond acceptors (Lipinski definition) is 20. The van der Waals surface area contributed by atoms with Gasteiger partial charge in [0.05, 0.1) is 50.5 Å². The zero-order chi connectivity index (χ0) is 49.7. The molecular formula is C48H76O20. The molecule has 0 bridgehead atoms. The van der Waals surface area contributed by atoms with Gasteiger partial charge >= 0.3 is 11.9 Å². The summed E-state index contributed by atoms with van der Waals surface area (Å²) in [5, 5.41) is 116. The maximum absolute atomic E-state index is 14.8. The second-order valence-corrected chi connectivity index (χ2v) is 22.8. The second kappa shape index (κ2) is 18.8. The number of methoxy groups -OCH3 is 1. The van der Waals surface area contributed by atoms with Gasteiger partial charge in [-0.05, 0) is 105 Å². The Morgan fingerprint density at radius 1 is 0.691 bits per heavy atom. The first kappa shape index (κ1) is 52.4. The minimum Gasteiger partial charge on any atom is -0.469 e. The monoisotopic (exact) mass is 972 g/mol. The summed E-state index contributed by atoms with van der Waals surface area (Å²) < 4.78 is 40.4. The first-order valence-electron chi connectivity index (χ1n) is 24.5. The van der Waals surface area contributed by atoms with Crippen LogP contribution in [0.25, 0.3) is 0 Å². The Labute approximate surface area is 396 Å². The summed E-state index contributed by atoms with van der Waals surface area (Å²) in [6, 6.07) is 0. The predicted octanol–water partition coefficient (Wildman–Crippen LogP) is -1.09. The van der Waals surface area contributed by atoms with E-state index in [2.05, 4.69) is 26.8 Å². The van der Waals surface area contributed by atoms with Gasteiger partial charge in [-0.25, -0.2) is 0 Å². The third-order valence-corrected chi connectivity index (χ3v) is 19.5. The smallest absolute Gasteiger partial charge is 0.315 e.